The lowest BCUT2D eigenvalue weighted by atomic mass is 10.1. The van der Waals surface area contributed by atoms with Crippen molar-refractivity contribution in [2.45, 2.75) is 24.3 Å². The summed E-state index contributed by atoms with van der Waals surface area (Å²) in [5, 5.41) is 10.7. The molecule has 0 bridgehead atoms. The summed E-state index contributed by atoms with van der Waals surface area (Å²) in [4.78, 5) is 20.9. The number of amides is 1. The molecule has 1 aromatic rings. The van der Waals surface area contributed by atoms with Gasteiger partial charge in [0.1, 0.15) is 11.2 Å². The van der Waals surface area contributed by atoms with Crippen LogP contribution < -0.4 is 21.7 Å². The maximum absolute atomic E-state index is 12.1. The van der Waals surface area contributed by atoms with Gasteiger partial charge in [-0.15, -0.1) is 0 Å². The molecule has 0 heterocycles. The summed E-state index contributed by atoms with van der Waals surface area (Å²) in [6.07, 6.45) is 0. The molecule has 0 spiro atoms. The van der Waals surface area contributed by atoms with Gasteiger partial charge in [0.15, 0.2) is 0 Å². The van der Waals surface area contributed by atoms with Crippen LogP contribution in [-0.2, 0) is 14.8 Å². The monoisotopic (exact) mass is 317 g/mol. The average molecular weight is 317 g/mol. The van der Waals surface area contributed by atoms with E-state index in [0.29, 0.717) is 0 Å². The first-order valence-corrected chi connectivity index (χ1v) is 7.08. The van der Waals surface area contributed by atoms with Crippen molar-refractivity contribution in [3.63, 3.8) is 0 Å². The second-order valence-electron chi connectivity index (χ2n) is 4.68. The fraction of sp³-hybridized carbons (Fsp3) is 0.300. The van der Waals surface area contributed by atoms with E-state index in [9.17, 15) is 23.3 Å². The topological polar surface area (TPSA) is 170 Å². The van der Waals surface area contributed by atoms with Gasteiger partial charge in [0, 0.05) is 6.07 Å². The van der Waals surface area contributed by atoms with Gasteiger partial charge in [0.2, 0.25) is 15.9 Å². The number of hydrogen-bond donors (Lipinski definition) is 4. The Bertz CT molecular complexity index is 685. The Morgan fingerprint density at radius 1 is 1.38 bits per heavy atom. The number of sulfonamides is 1. The minimum Gasteiger partial charge on any atom is -0.368 e. The number of rotatable bonds is 6. The van der Waals surface area contributed by atoms with Crippen LogP contribution in [0.3, 0.4) is 0 Å². The number of nitrogen functional groups attached to an aromatic ring is 1. The van der Waals surface area contributed by atoms with Gasteiger partial charge in [-0.05, 0) is 26.0 Å². The zero-order valence-corrected chi connectivity index (χ0v) is 12.1. The van der Waals surface area contributed by atoms with Gasteiger partial charge in [-0.1, -0.05) is 0 Å². The van der Waals surface area contributed by atoms with Crippen LogP contribution in [0.2, 0.25) is 0 Å². The Morgan fingerprint density at radius 3 is 2.38 bits per heavy atom. The number of hydrazine groups is 1. The molecule has 116 valence electrons. The smallest absolute Gasteiger partial charge is 0.293 e. The van der Waals surface area contributed by atoms with Crippen molar-refractivity contribution in [3.05, 3.63) is 28.3 Å². The molecule has 21 heavy (non-hydrogen) atoms. The third-order valence-electron chi connectivity index (χ3n) is 2.64. The number of anilines is 1. The van der Waals surface area contributed by atoms with Crippen molar-refractivity contribution in [1.29, 1.82) is 0 Å². The summed E-state index contributed by atoms with van der Waals surface area (Å²) in [6.45, 7) is 2.58. The van der Waals surface area contributed by atoms with Gasteiger partial charge >= 0.3 is 0 Å². The number of primary amides is 1. The summed E-state index contributed by atoms with van der Waals surface area (Å²) >= 11 is 0. The first-order chi connectivity index (χ1) is 9.51. The van der Waals surface area contributed by atoms with E-state index in [1.54, 1.807) is 0 Å². The second-order valence-corrected chi connectivity index (χ2v) is 6.36. The molecule has 0 saturated carbocycles. The SMILES string of the molecule is CC(C)(NS(=O)(=O)c1ccc([N+](=O)[O-])c(NN)c1)C(N)=O. The summed E-state index contributed by atoms with van der Waals surface area (Å²) in [5.41, 5.74) is 5.06. The molecule has 10 nitrogen and oxygen atoms in total. The minimum absolute atomic E-state index is 0.181. The lowest BCUT2D eigenvalue weighted by molar-refractivity contribution is -0.384. The molecule has 0 aliphatic carbocycles. The third-order valence-corrected chi connectivity index (χ3v) is 4.29. The Morgan fingerprint density at radius 2 is 1.95 bits per heavy atom. The van der Waals surface area contributed by atoms with E-state index < -0.39 is 26.4 Å². The van der Waals surface area contributed by atoms with Crippen LogP contribution in [0, 0.1) is 10.1 Å². The Balaban J connectivity index is 3.27. The fourth-order valence-corrected chi connectivity index (χ4v) is 2.81. The van der Waals surface area contributed by atoms with Crippen molar-refractivity contribution in [3.8, 4) is 0 Å². The van der Waals surface area contributed by atoms with Gasteiger partial charge < -0.3 is 11.2 Å². The predicted molar refractivity (Wildman–Crippen MR) is 74.5 cm³/mol. The molecule has 0 fully saturated rings. The first-order valence-electron chi connectivity index (χ1n) is 5.60. The standard InChI is InChI=1S/C10H15N5O5S/c1-10(2,9(11)16)14-21(19,20)6-3-4-8(15(17)18)7(5-6)13-12/h3-5,13-14H,12H2,1-2H3,(H2,11,16). The molecule has 0 unspecified atom stereocenters. The number of carbonyl (C=O) groups is 1. The molecule has 0 radical (unpaired) electrons. The molecule has 11 heteroatoms. The van der Waals surface area contributed by atoms with Crippen LogP contribution in [0.4, 0.5) is 11.4 Å². The molecule has 0 aliphatic heterocycles. The number of carbonyl (C=O) groups excluding carboxylic acids is 1. The number of nitro benzene ring substituents is 1. The number of benzene rings is 1. The van der Waals surface area contributed by atoms with Crippen molar-refractivity contribution >= 4 is 27.3 Å². The van der Waals surface area contributed by atoms with Gasteiger partial charge in [-0.25, -0.2) is 8.42 Å². The highest BCUT2D eigenvalue weighted by molar-refractivity contribution is 7.89. The number of hydrogen-bond acceptors (Lipinski definition) is 7. The van der Waals surface area contributed by atoms with E-state index in [4.69, 9.17) is 11.6 Å². The molecule has 0 saturated heterocycles. The minimum atomic E-state index is -4.11. The van der Waals surface area contributed by atoms with Crippen molar-refractivity contribution in [1.82, 2.24) is 4.72 Å². The highest BCUT2D eigenvalue weighted by atomic mass is 32.2. The molecule has 1 aromatic carbocycles. The van der Waals surface area contributed by atoms with E-state index in [-0.39, 0.29) is 16.3 Å². The predicted octanol–water partition coefficient (Wildman–Crippen LogP) is -0.577. The molecule has 1 rings (SSSR count). The fourth-order valence-electron chi connectivity index (χ4n) is 1.40. The van der Waals surface area contributed by atoms with E-state index >= 15 is 0 Å². The lowest BCUT2D eigenvalue weighted by Crippen LogP contribution is -2.52. The van der Waals surface area contributed by atoms with Gasteiger partial charge in [-0.2, -0.15) is 4.72 Å². The summed E-state index contributed by atoms with van der Waals surface area (Å²) < 4.78 is 26.4. The number of nitrogens with two attached hydrogens (primary N) is 2. The van der Waals surface area contributed by atoms with E-state index in [2.05, 4.69) is 4.72 Å². The van der Waals surface area contributed by atoms with Crippen LogP contribution in [-0.4, -0.2) is 24.8 Å². The molecule has 1 amide bonds. The molecule has 6 N–H and O–H groups in total. The zero-order valence-electron chi connectivity index (χ0n) is 11.3. The lowest BCUT2D eigenvalue weighted by Gasteiger charge is -2.22. The van der Waals surface area contributed by atoms with Crippen molar-refractivity contribution in [2.24, 2.45) is 11.6 Å². The molecule has 0 aliphatic rings. The van der Waals surface area contributed by atoms with Crippen molar-refractivity contribution in [2.75, 3.05) is 5.43 Å². The maximum atomic E-state index is 12.1. The van der Waals surface area contributed by atoms with Crippen LogP contribution in [0.25, 0.3) is 0 Å². The summed E-state index contributed by atoms with van der Waals surface area (Å²) in [7, 11) is -4.11. The largest absolute Gasteiger partial charge is 0.368 e. The summed E-state index contributed by atoms with van der Waals surface area (Å²) in [6, 6.07) is 3.00. The maximum Gasteiger partial charge on any atom is 0.293 e. The Labute approximate surface area is 120 Å². The normalized spacial score (nSPS) is 12.0. The van der Waals surface area contributed by atoms with Crippen LogP contribution in [0.5, 0.6) is 0 Å². The molecular formula is C10H15N5O5S. The Kier molecular flexibility index (Phi) is 4.51. The van der Waals surface area contributed by atoms with Gasteiger partial charge in [0.25, 0.3) is 5.69 Å². The third kappa shape index (κ3) is 3.65. The van der Waals surface area contributed by atoms with Crippen molar-refractivity contribution < 1.29 is 18.1 Å². The zero-order chi connectivity index (χ0) is 16.4. The second kappa shape index (κ2) is 5.63. The van der Waals surface area contributed by atoms with E-state index in [1.807, 2.05) is 5.43 Å². The van der Waals surface area contributed by atoms with E-state index in [1.165, 1.54) is 13.8 Å². The number of nitrogens with one attached hydrogen (secondary N) is 2. The van der Waals surface area contributed by atoms with Crippen LogP contribution in [0.15, 0.2) is 23.1 Å². The van der Waals surface area contributed by atoms with E-state index in [0.717, 1.165) is 18.2 Å². The molecule has 0 atom stereocenters. The molecule has 0 aromatic heterocycles. The number of nitrogens with zero attached hydrogens (tertiary/aromatic N) is 1. The first kappa shape index (κ1) is 16.8. The summed E-state index contributed by atoms with van der Waals surface area (Å²) in [5.74, 6) is 4.26. The van der Waals surface area contributed by atoms with Gasteiger partial charge in [-0.3, -0.25) is 20.8 Å². The highest BCUT2D eigenvalue weighted by Crippen LogP contribution is 2.27. The van der Waals surface area contributed by atoms with Crippen LogP contribution >= 0.6 is 0 Å². The Hall–Kier alpha value is -2.24. The van der Waals surface area contributed by atoms with Gasteiger partial charge in [0.05, 0.1) is 9.82 Å². The molecular weight excluding hydrogens is 302 g/mol. The quantitative estimate of drug-likeness (QED) is 0.309. The highest BCUT2D eigenvalue weighted by Gasteiger charge is 2.32. The number of nitro groups is 1. The van der Waals surface area contributed by atoms with Crippen LogP contribution in [0.1, 0.15) is 13.8 Å². The average Bonchev–Trinajstić information content (AvgIpc) is 2.36.